The molecule has 1 fully saturated rings. The zero-order chi connectivity index (χ0) is 21.8. The minimum atomic E-state index is -1.08. The van der Waals surface area contributed by atoms with Crippen molar-refractivity contribution in [3.05, 3.63) is 34.4 Å². The number of carbonyl (C=O) groups is 3. The molecule has 0 bridgehead atoms. The zero-order valence-corrected chi connectivity index (χ0v) is 16.6. The summed E-state index contributed by atoms with van der Waals surface area (Å²) in [6.45, 7) is 5.21. The quantitative estimate of drug-likeness (QED) is 0.422. The second kappa shape index (κ2) is 8.76. The van der Waals surface area contributed by atoms with E-state index < -0.39 is 34.7 Å². The third-order valence-corrected chi connectivity index (χ3v) is 3.99. The first kappa shape index (κ1) is 21.9. The van der Waals surface area contributed by atoms with Crippen LogP contribution in [0.25, 0.3) is 0 Å². The summed E-state index contributed by atoms with van der Waals surface area (Å²) in [4.78, 5) is 49.6. The van der Waals surface area contributed by atoms with Gasteiger partial charge in [0.15, 0.2) is 6.04 Å². The molecule has 0 aliphatic carbocycles. The lowest BCUT2D eigenvalue weighted by Gasteiger charge is -2.39. The third kappa shape index (κ3) is 5.80. The number of nitrogens with zero attached hydrogens (tertiary/aromatic N) is 3. The average molecular weight is 409 g/mol. The molecule has 0 radical (unpaired) electrons. The van der Waals surface area contributed by atoms with Crippen LogP contribution in [0, 0.1) is 10.1 Å². The Morgan fingerprint density at radius 3 is 2.24 bits per heavy atom. The van der Waals surface area contributed by atoms with E-state index in [-0.39, 0.29) is 31.1 Å². The zero-order valence-electron chi connectivity index (χ0n) is 16.6. The monoisotopic (exact) mass is 409 g/mol. The summed E-state index contributed by atoms with van der Waals surface area (Å²) in [5.74, 6) is -0.627. The van der Waals surface area contributed by atoms with Gasteiger partial charge < -0.3 is 19.1 Å². The van der Waals surface area contributed by atoms with Crippen LogP contribution in [0.1, 0.15) is 20.8 Å². The van der Waals surface area contributed by atoms with E-state index in [1.165, 1.54) is 36.3 Å². The van der Waals surface area contributed by atoms with Gasteiger partial charge in [-0.25, -0.2) is 14.4 Å². The molecule has 1 atom stereocenters. The van der Waals surface area contributed by atoms with Crippen LogP contribution in [0.2, 0.25) is 0 Å². The highest BCUT2D eigenvalue weighted by Crippen LogP contribution is 2.21. The smallest absolute Gasteiger partial charge is 0.416 e. The molecule has 0 spiro atoms. The van der Waals surface area contributed by atoms with E-state index >= 15 is 0 Å². The number of methoxy groups -OCH3 is 1. The molecular weight excluding hydrogens is 386 g/mol. The van der Waals surface area contributed by atoms with Gasteiger partial charge in [0.05, 0.1) is 18.6 Å². The average Bonchev–Trinajstić information content (AvgIpc) is 2.65. The largest absolute Gasteiger partial charge is 0.467 e. The minimum Gasteiger partial charge on any atom is -0.467 e. The molecule has 1 heterocycles. The van der Waals surface area contributed by atoms with Crippen molar-refractivity contribution < 1.29 is 33.5 Å². The van der Waals surface area contributed by atoms with Crippen molar-refractivity contribution in [1.82, 2.24) is 9.80 Å². The Bertz CT molecular complexity index is 787. The van der Waals surface area contributed by atoms with Crippen molar-refractivity contribution in [3.8, 4) is 5.75 Å². The molecule has 11 nitrogen and oxygen atoms in total. The van der Waals surface area contributed by atoms with Crippen LogP contribution in [0.3, 0.4) is 0 Å². The topological polar surface area (TPSA) is 129 Å². The number of non-ortho nitro benzene ring substituents is 1. The van der Waals surface area contributed by atoms with Crippen LogP contribution in [-0.4, -0.2) is 71.3 Å². The first-order valence-corrected chi connectivity index (χ1v) is 8.80. The maximum atomic E-state index is 12.5. The summed E-state index contributed by atoms with van der Waals surface area (Å²) in [6.07, 6.45) is -1.44. The third-order valence-electron chi connectivity index (χ3n) is 3.99. The summed E-state index contributed by atoms with van der Waals surface area (Å²) in [5, 5.41) is 10.7. The second-order valence-electron chi connectivity index (χ2n) is 7.28. The first-order chi connectivity index (χ1) is 13.5. The Balaban J connectivity index is 2.10. The molecule has 1 aromatic rings. The van der Waals surface area contributed by atoms with Gasteiger partial charge in [0.1, 0.15) is 11.4 Å². The Kier molecular flexibility index (Phi) is 6.62. The van der Waals surface area contributed by atoms with Crippen LogP contribution in [0.5, 0.6) is 5.75 Å². The fraction of sp³-hybridized carbons (Fsp3) is 0.500. The Morgan fingerprint density at radius 2 is 1.72 bits per heavy atom. The molecule has 1 aliphatic heterocycles. The SMILES string of the molecule is COC(=O)[C@@H]1CN(C(=O)OC(C)(C)C)CCN1C(=O)Oc1ccc([N+](=O)[O-])cc1. The van der Waals surface area contributed by atoms with Crippen molar-refractivity contribution in [3.63, 3.8) is 0 Å². The molecule has 2 rings (SSSR count). The van der Waals surface area contributed by atoms with Crippen molar-refractivity contribution in [2.75, 3.05) is 26.7 Å². The number of nitro benzene ring substituents is 1. The highest BCUT2D eigenvalue weighted by Gasteiger charge is 2.40. The van der Waals surface area contributed by atoms with Crippen LogP contribution in [0.4, 0.5) is 15.3 Å². The molecule has 11 heteroatoms. The van der Waals surface area contributed by atoms with E-state index in [9.17, 15) is 24.5 Å². The molecule has 0 unspecified atom stereocenters. The fourth-order valence-corrected chi connectivity index (χ4v) is 2.63. The molecule has 158 valence electrons. The summed E-state index contributed by atoms with van der Waals surface area (Å²) >= 11 is 0. The standard InChI is InChI=1S/C18H23N3O8/c1-18(2,3)29-16(23)19-9-10-20(14(11-19)15(22)27-4)17(24)28-13-7-5-12(6-8-13)21(25)26/h5-8,14H,9-11H2,1-4H3/t14-/m0/s1. The summed E-state index contributed by atoms with van der Waals surface area (Å²) in [5.41, 5.74) is -0.854. The predicted molar refractivity (Wildman–Crippen MR) is 99.4 cm³/mol. The molecule has 1 saturated heterocycles. The van der Waals surface area contributed by atoms with Gasteiger partial charge in [0.2, 0.25) is 0 Å². The maximum Gasteiger partial charge on any atom is 0.416 e. The number of rotatable bonds is 3. The van der Waals surface area contributed by atoms with E-state index in [4.69, 9.17) is 14.2 Å². The molecular formula is C18H23N3O8. The minimum absolute atomic E-state index is 0.0187. The van der Waals surface area contributed by atoms with E-state index in [2.05, 4.69) is 0 Å². The number of benzene rings is 1. The summed E-state index contributed by atoms with van der Waals surface area (Å²) in [7, 11) is 1.18. The molecule has 29 heavy (non-hydrogen) atoms. The number of hydrogen-bond acceptors (Lipinski definition) is 8. The predicted octanol–water partition coefficient (Wildman–Crippen LogP) is 2.19. The van der Waals surface area contributed by atoms with Gasteiger partial charge in [-0.2, -0.15) is 0 Å². The molecule has 0 saturated carbocycles. The van der Waals surface area contributed by atoms with Crippen molar-refractivity contribution in [2.24, 2.45) is 0 Å². The normalized spacial score (nSPS) is 16.8. The molecule has 1 aromatic carbocycles. The highest BCUT2D eigenvalue weighted by atomic mass is 16.6. The number of carbonyl (C=O) groups excluding carboxylic acids is 3. The summed E-state index contributed by atoms with van der Waals surface area (Å²) in [6, 6.07) is 3.87. The van der Waals surface area contributed by atoms with Gasteiger partial charge in [-0.05, 0) is 32.9 Å². The molecule has 1 aliphatic rings. The number of amides is 2. The number of hydrogen-bond donors (Lipinski definition) is 0. The van der Waals surface area contributed by atoms with E-state index in [0.29, 0.717) is 0 Å². The number of esters is 1. The lowest BCUT2D eigenvalue weighted by atomic mass is 10.1. The Labute approximate surface area is 167 Å². The number of ether oxygens (including phenoxy) is 3. The van der Waals surface area contributed by atoms with Gasteiger partial charge in [-0.15, -0.1) is 0 Å². The number of nitro groups is 1. The Morgan fingerprint density at radius 1 is 1.10 bits per heavy atom. The van der Waals surface area contributed by atoms with Crippen LogP contribution in [-0.2, 0) is 14.3 Å². The molecule has 0 aromatic heterocycles. The van der Waals surface area contributed by atoms with Gasteiger partial charge in [0, 0.05) is 25.2 Å². The fourth-order valence-electron chi connectivity index (χ4n) is 2.63. The van der Waals surface area contributed by atoms with E-state index in [0.717, 1.165) is 4.90 Å². The van der Waals surface area contributed by atoms with Crippen LogP contribution < -0.4 is 4.74 Å². The van der Waals surface area contributed by atoms with Crippen LogP contribution >= 0.6 is 0 Å². The van der Waals surface area contributed by atoms with Gasteiger partial charge in [-0.3, -0.25) is 15.0 Å². The van der Waals surface area contributed by atoms with Gasteiger partial charge in [0.25, 0.3) is 5.69 Å². The molecule has 0 N–H and O–H groups in total. The number of piperazine rings is 1. The maximum absolute atomic E-state index is 12.5. The Hall–Kier alpha value is -3.37. The summed E-state index contributed by atoms with van der Waals surface area (Å²) < 4.78 is 15.3. The second-order valence-corrected chi connectivity index (χ2v) is 7.28. The van der Waals surface area contributed by atoms with E-state index in [1.807, 2.05) is 0 Å². The first-order valence-electron chi connectivity index (χ1n) is 8.80. The van der Waals surface area contributed by atoms with Gasteiger partial charge in [-0.1, -0.05) is 0 Å². The lowest BCUT2D eigenvalue weighted by Crippen LogP contribution is -2.60. The van der Waals surface area contributed by atoms with Gasteiger partial charge >= 0.3 is 18.2 Å². The van der Waals surface area contributed by atoms with Crippen molar-refractivity contribution in [1.29, 1.82) is 0 Å². The molecule has 2 amide bonds. The van der Waals surface area contributed by atoms with E-state index in [1.54, 1.807) is 20.8 Å². The van der Waals surface area contributed by atoms with Crippen LogP contribution in [0.15, 0.2) is 24.3 Å². The highest BCUT2D eigenvalue weighted by molar-refractivity contribution is 5.83. The van der Waals surface area contributed by atoms with Crippen molar-refractivity contribution in [2.45, 2.75) is 32.4 Å². The van der Waals surface area contributed by atoms with Crippen molar-refractivity contribution >= 4 is 23.8 Å². The lowest BCUT2D eigenvalue weighted by molar-refractivity contribution is -0.384.